The predicted molar refractivity (Wildman–Crippen MR) is 54.0 cm³/mol. The maximum atomic E-state index is 10.5. The molecular formula is C9H9BrN2O2. The van der Waals surface area contributed by atoms with Crippen LogP contribution in [0.1, 0.15) is 18.5 Å². The highest BCUT2D eigenvalue weighted by Crippen LogP contribution is 2.44. The van der Waals surface area contributed by atoms with E-state index in [9.17, 15) is 4.79 Å². The summed E-state index contributed by atoms with van der Waals surface area (Å²) in [7, 11) is 0. The fourth-order valence-corrected chi connectivity index (χ4v) is 1.67. The van der Waals surface area contributed by atoms with Crippen molar-refractivity contribution in [3.8, 4) is 0 Å². The van der Waals surface area contributed by atoms with Crippen molar-refractivity contribution in [1.29, 1.82) is 0 Å². The summed E-state index contributed by atoms with van der Waals surface area (Å²) in [4.78, 5) is 14.7. The number of hydrogen-bond donors (Lipinski definition) is 2. The molecule has 14 heavy (non-hydrogen) atoms. The summed E-state index contributed by atoms with van der Waals surface area (Å²) < 4.78 is 0.896. The normalized spacial score (nSPS) is 17.5. The number of halogens is 1. The summed E-state index contributed by atoms with van der Waals surface area (Å²) in [5.74, 6) is 0. The molecule has 1 aliphatic rings. The van der Waals surface area contributed by atoms with Crippen molar-refractivity contribution in [3.05, 3.63) is 28.5 Å². The highest BCUT2D eigenvalue weighted by molar-refractivity contribution is 9.10. The summed E-state index contributed by atoms with van der Waals surface area (Å²) in [6.45, 7) is 0. The van der Waals surface area contributed by atoms with Gasteiger partial charge in [-0.15, -0.1) is 0 Å². The van der Waals surface area contributed by atoms with Crippen LogP contribution >= 0.6 is 15.9 Å². The van der Waals surface area contributed by atoms with Gasteiger partial charge in [-0.25, -0.2) is 4.79 Å². The maximum absolute atomic E-state index is 10.5. The van der Waals surface area contributed by atoms with Gasteiger partial charge in [0.1, 0.15) is 0 Å². The van der Waals surface area contributed by atoms with Gasteiger partial charge in [-0.1, -0.05) is 0 Å². The number of amides is 1. The third-order valence-electron chi connectivity index (χ3n) is 2.31. The first kappa shape index (κ1) is 9.45. The molecule has 1 fully saturated rings. The summed E-state index contributed by atoms with van der Waals surface area (Å²) in [6, 6.07) is 3.71. The van der Waals surface area contributed by atoms with Crippen LogP contribution in [-0.4, -0.2) is 16.2 Å². The molecule has 0 spiro atoms. The van der Waals surface area contributed by atoms with Gasteiger partial charge in [-0.2, -0.15) is 0 Å². The first-order valence-corrected chi connectivity index (χ1v) is 5.05. The minimum atomic E-state index is -0.993. The summed E-state index contributed by atoms with van der Waals surface area (Å²) in [5.41, 5.74) is 0.370. The molecule has 2 N–H and O–H groups in total. The Hall–Kier alpha value is -1.10. The monoisotopic (exact) mass is 256 g/mol. The smallest absolute Gasteiger partial charge is 0.405 e. The molecule has 1 aromatic heterocycles. The fraction of sp³-hybridized carbons (Fsp3) is 0.333. The Bertz CT molecular complexity index is 360. The van der Waals surface area contributed by atoms with Crippen LogP contribution in [0.3, 0.4) is 0 Å². The fourth-order valence-electron chi connectivity index (χ4n) is 1.43. The number of rotatable bonds is 2. The Morgan fingerprint density at radius 1 is 1.57 bits per heavy atom. The van der Waals surface area contributed by atoms with E-state index >= 15 is 0 Å². The zero-order valence-corrected chi connectivity index (χ0v) is 8.91. The van der Waals surface area contributed by atoms with Gasteiger partial charge in [-0.3, -0.25) is 4.98 Å². The molecule has 0 radical (unpaired) electrons. The standard InChI is InChI=1S/C9H9BrN2O2/c10-6-1-2-7(11-5-6)9(3-4-9)12-8(13)14/h1-2,5,12H,3-4H2,(H,13,14). The number of hydrogen-bond acceptors (Lipinski definition) is 2. The van der Waals surface area contributed by atoms with Crippen LogP contribution in [0.2, 0.25) is 0 Å². The van der Waals surface area contributed by atoms with Crippen LogP contribution < -0.4 is 5.32 Å². The average molecular weight is 257 g/mol. The van der Waals surface area contributed by atoms with Crippen LogP contribution in [-0.2, 0) is 5.54 Å². The number of carbonyl (C=O) groups is 1. The molecule has 4 nitrogen and oxygen atoms in total. The van der Waals surface area contributed by atoms with Crippen molar-refractivity contribution < 1.29 is 9.90 Å². The summed E-state index contributed by atoms with van der Waals surface area (Å²) in [6.07, 6.45) is 2.34. The summed E-state index contributed by atoms with van der Waals surface area (Å²) >= 11 is 3.28. The maximum Gasteiger partial charge on any atom is 0.405 e. The van der Waals surface area contributed by atoms with E-state index in [2.05, 4.69) is 26.2 Å². The van der Waals surface area contributed by atoms with Gasteiger partial charge in [0.25, 0.3) is 0 Å². The molecule has 0 aliphatic heterocycles. The lowest BCUT2D eigenvalue weighted by Crippen LogP contribution is -2.34. The van der Waals surface area contributed by atoms with Crippen molar-refractivity contribution in [2.24, 2.45) is 0 Å². The van der Waals surface area contributed by atoms with Gasteiger partial charge in [0.2, 0.25) is 0 Å². The largest absolute Gasteiger partial charge is 0.465 e. The zero-order chi connectivity index (χ0) is 10.2. The van der Waals surface area contributed by atoms with Gasteiger partial charge in [0.05, 0.1) is 11.2 Å². The Morgan fingerprint density at radius 3 is 2.71 bits per heavy atom. The molecule has 2 rings (SSSR count). The molecule has 74 valence electrons. The first-order valence-electron chi connectivity index (χ1n) is 4.25. The minimum Gasteiger partial charge on any atom is -0.465 e. The molecule has 0 aromatic carbocycles. The Balaban J connectivity index is 2.22. The van der Waals surface area contributed by atoms with E-state index < -0.39 is 11.6 Å². The van der Waals surface area contributed by atoms with Gasteiger partial charge in [0.15, 0.2) is 0 Å². The van der Waals surface area contributed by atoms with Crippen molar-refractivity contribution in [2.45, 2.75) is 18.4 Å². The van der Waals surface area contributed by atoms with E-state index in [0.29, 0.717) is 0 Å². The van der Waals surface area contributed by atoms with Crippen LogP contribution in [0.15, 0.2) is 22.8 Å². The van der Waals surface area contributed by atoms with E-state index in [4.69, 9.17) is 5.11 Å². The Kier molecular flexibility index (Phi) is 2.19. The van der Waals surface area contributed by atoms with Crippen LogP contribution in [0.4, 0.5) is 4.79 Å². The van der Waals surface area contributed by atoms with Crippen LogP contribution in [0.5, 0.6) is 0 Å². The lowest BCUT2D eigenvalue weighted by atomic mass is 10.1. The van der Waals surface area contributed by atoms with Crippen molar-refractivity contribution in [1.82, 2.24) is 10.3 Å². The van der Waals surface area contributed by atoms with Gasteiger partial charge in [0, 0.05) is 10.7 Å². The minimum absolute atomic E-state index is 0.424. The van der Waals surface area contributed by atoms with Crippen LogP contribution in [0.25, 0.3) is 0 Å². The molecular weight excluding hydrogens is 248 g/mol. The van der Waals surface area contributed by atoms with Gasteiger partial charge >= 0.3 is 6.09 Å². The van der Waals surface area contributed by atoms with E-state index in [-0.39, 0.29) is 0 Å². The molecule has 1 saturated carbocycles. The van der Waals surface area contributed by atoms with Crippen LogP contribution in [0, 0.1) is 0 Å². The molecule has 1 heterocycles. The van der Waals surface area contributed by atoms with E-state index in [1.807, 2.05) is 12.1 Å². The van der Waals surface area contributed by atoms with Gasteiger partial charge in [-0.05, 0) is 40.9 Å². The summed E-state index contributed by atoms with van der Waals surface area (Å²) in [5, 5.41) is 11.2. The third-order valence-corrected chi connectivity index (χ3v) is 2.78. The second-order valence-electron chi connectivity index (χ2n) is 3.37. The molecule has 1 amide bonds. The lowest BCUT2D eigenvalue weighted by Gasteiger charge is -2.13. The quantitative estimate of drug-likeness (QED) is 0.852. The Labute approximate surface area is 89.5 Å². The van der Waals surface area contributed by atoms with E-state index in [1.54, 1.807) is 6.20 Å². The van der Waals surface area contributed by atoms with E-state index in [1.165, 1.54) is 0 Å². The van der Waals surface area contributed by atoms with E-state index in [0.717, 1.165) is 23.0 Å². The van der Waals surface area contributed by atoms with Crippen molar-refractivity contribution >= 4 is 22.0 Å². The molecule has 0 unspecified atom stereocenters. The molecule has 0 bridgehead atoms. The molecule has 0 atom stereocenters. The van der Waals surface area contributed by atoms with Gasteiger partial charge < -0.3 is 10.4 Å². The topological polar surface area (TPSA) is 62.2 Å². The number of pyridine rings is 1. The average Bonchev–Trinajstić information content (AvgIpc) is 2.85. The number of carboxylic acid groups (broad SMARTS) is 1. The predicted octanol–water partition coefficient (Wildman–Crippen LogP) is 2.10. The molecule has 1 aromatic rings. The Morgan fingerprint density at radius 2 is 2.29 bits per heavy atom. The molecule has 0 saturated heterocycles. The number of nitrogens with one attached hydrogen (secondary N) is 1. The first-order chi connectivity index (χ1) is 6.62. The lowest BCUT2D eigenvalue weighted by molar-refractivity contribution is 0.188. The zero-order valence-electron chi connectivity index (χ0n) is 7.33. The number of aromatic nitrogens is 1. The van der Waals surface area contributed by atoms with Crippen molar-refractivity contribution in [2.75, 3.05) is 0 Å². The second-order valence-corrected chi connectivity index (χ2v) is 4.29. The highest BCUT2D eigenvalue weighted by Gasteiger charge is 2.47. The number of nitrogens with zero attached hydrogens (tertiary/aromatic N) is 1. The molecule has 1 aliphatic carbocycles. The molecule has 5 heteroatoms. The third kappa shape index (κ3) is 1.72. The highest BCUT2D eigenvalue weighted by atomic mass is 79.9. The SMILES string of the molecule is O=C(O)NC1(c2ccc(Br)cn2)CC1. The van der Waals surface area contributed by atoms with Crippen molar-refractivity contribution in [3.63, 3.8) is 0 Å². The second kappa shape index (κ2) is 3.24.